The lowest BCUT2D eigenvalue weighted by atomic mass is 10.2. The summed E-state index contributed by atoms with van der Waals surface area (Å²) in [5, 5.41) is 3.24. The summed E-state index contributed by atoms with van der Waals surface area (Å²) in [6, 6.07) is 9.77. The minimum Gasteiger partial charge on any atom is -0.389 e. The molecule has 0 unspecified atom stereocenters. The fourth-order valence-electron chi connectivity index (χ4n) is 1.55. The Bertz CT molecular complexity index is 628. The van der Waals surface area contributed by atoms with E-state index in [-0.39, 0.29) is 5.69 Å². The van der Waals surface area contributed by atoms with Crippen molar-refractivity contribution in [3.05, 3.63) is 57.3 Å². The molecule has 0 aliphatic carbocycles. The molecule has 98 valence electrons. The third kappa shape index (κ3) is 3.23. The highest BCUT2D eigenvalue weighted by Crippen LogP contribution is 2.30. The maximum Gasteiger partial charge on any atom is 0.148 e. The maximum absolute atomic E-state index is 13.6. The average Bonchev–Trinajstić information content (AvgIpc) is 2.33. The SMILES string of the molecule is NC(=S)c1ccc(Nc2c(F)cccc2Cl)cc1Br. The highest BCUT2D eigenvalue weighted by atomic mass is 79.9. The van der Waals surface area contributed by atoms with Gasteiger partial charge in [0.1, 0.15) is 10.8 Å². The zero-order valence-corrected chi connectivity index (χ0v) is 12.7. The van der Waals surface area contributed by atoms with Crippen molar-refractivity contribution in [3.8, 4) is 0 Å². The van der Waals surface area contributed by atoms with Gasteiger partial charge in [0, 0.05) is 15.7 Å². The molecule has 6 heteroatoms. The van der Waals surface area contributed by atoms with E-state index in [1.165, 1.54) is 6.07 Å². The second-order valence-electron chi connectivity index (χ2n) is 3.78. The Labute approximate surface area is 128 Å². The zero-order valence-electron chi connectivity index (χ0n) is 9.58. The zero-order chi connectivity index (χ0) is 14.0. The first-order valence-electron chi connectivity index (χ1n) is 5.29. The molecule has 0 heterocycles. The number of thiocarbonyl (C=S) groups is 1. The van der Waals surface area contributed by atoms with Gasteiger partial charge in [0.15, 0.2) is 0 Å². The number of hydrogen-bond acceptors (Lipinski definition) is 2. The van der Waals surface area contributed by atoms with E-state index in [2.05, 4.69) is 21.2 Å². The van der Waals surface area contributed by atoms with Crippen molar-refractivity contribution < 1.29 is 4.39 Å². The summed E-state index contributed by atoms with van der Waals surface area (Å²) in [6.45, 7) is 0. The number of rotatable bonds is 3. The summed E-state index contributed by atoms with van der Waals surface area (Å²) in [7, 11) is 0. The second kappa shape index (κ2) is 5.86. The van der Waals surface area contributed by atoms with Crippen molar-refractivity contribution >= 4 is 56.1 Å². The van der Waals surface area contributed by atoms with Crippen LogP contribution in [0, 0.1) is 5.82 Å². The summed E-state index contributed by atoms with van der Waals surface area (Å²) in [6.07, 6.45) is 0. The number of nitrogens with one attached hydrogen (secondary N) is 1. The van der Waals surface area contributed by atoms with Crippen LogP contribution in [0.4, 0.5) is 15.8 Å². The third-order valence-electron chi connectivity index (χ3n) is 2.47. The predicted molar refractivity (Wildman–Crippen MR) is 84.7 cm³/mol. The second-order valence-corrected chi connectivity index (χ2v) is 5.48. The Morgan fingerprint density at radius 2 is 2.05 bits per heavy atom. The highest BCUT2D eigenvalue weighted by molar-refractivity contribution is 9.10. The molecule has 0 aliphatic rings. The van der Waals surface area contributed by atoms with Crippen molar-refractivity contribution in [1.82, 2.24) is 0 Å². The lowest BCUT2D eigenvalue weighted by Crippen LogP contribution is -2.10. The highest BCUT2D eigenvalue weighted by Gasteiger charge is 2.09. The van der Waals surface area contributed by atoms with Crippen molar-refractivity contribution in [2.45, 2.75) is 0 Å². The quantitative estimate of drug-likeness (QED) is 0.785. The first-order chi connectivity index (χ1) is 8.99. The van der Waals surface area contributed by atoms with Gasteiger partial charge >= 0.3 is 0 Å². The van der Waals surface area contributed by atoms with Gasteiger partial charge in [-0.15, -0.1) is 0 Å². The molecule has 0 radical (unpaired) electrons. The van der Waals surface area contributed by atoms with Crippen LogP contribution in [0.15, 0.2) is 40.9 Å². The predicted octanol–water partition coefficient (Wildman–Crippen LogP) is 4.62. The van der Waals surface area contributed by atoms with Gasteiger partial charge in [0.25, 0.3) is 0 Å². The first-order valence-corrected chi connectivity index (χ1v) is 6.87. The molecule has 0 atom stereocenters. The number of anilines is 2. The Balaban J connectivity index is 2.34. The van der Waals surface area contributed by atoms with E-state index >= 15 is 0 Å². The summed E-state index contributed by atoms with van der Waals surface area (Å²) in [5.41, 5.74) is 7.20. The van der Waals surface area contributed by atoms with E-state index in [0.29, 0.717) is 15.7 Å². The van der Waals surface area contributed by atoms with Crippen LogP contribution in [-0.4, -0.2) is 4.99 Å². The van der Waals surface area contributed by atoms with Crippen LogP contribution >= 0.6 is 39.7 Å². The van der Waals surface area contributed by atoms with E-state index in [0.717, 1.165) is 10.0 Å². The standard InChI is InChI=1S/C13H9BrClFN2S/c14-9-6-7(4-5-8(9)13(17)19)18-12-10(15)2-1-3-11(12)16/h1-6,18H,(H2,17,19). The van der Waals surface area contributed by atoms with E-state index in [9.17, 15) is 4.39 Å². The molecular formula is C13H9BrClFN2S. The van der Waals surface area contributed by atoms with Gasteiger partial charge in [-0.1, -0.05) is 29.9 Å². The van der Waals surface area contributed by atoms with Crippen molar-refractivity contribution in [3.63, 3.8) is 0 Å². The molecule has 0 fully saturated rings. The number of hydrogen-bond donors (Lipinski definition) is 2. The summed E-state index contributed by atoms with van der Waals surface area (Å²) in [4.78, 5) is 0.294. The van der Waals surface area contributed by atoms with Gasteiger partial charge in [-0.05, 0) is 46.3 Å². The van der Waals surface area contributed by atoms with Crippen LogP contribution in [0.5, 0.6) is 0 Å². The molecular weight excluding hydrogens is 351 g/mol. The minimum atomic E-state index is -0.415. The van der Waals surface area contributed by atoms with Crippen molar-refractivity contribution in [2.75, 3.05) is 5.32 Å². The number of halogens is 3. The third-order valence-corrected chi connectivity index (χ3v) is 3.66. The molecule has 2 aromatic carbocycles. The Kier molecular flexibility index (Phi) is 4.39. The average molecular weight is 360 g/mol. The van der Waals surface area contributed by atoms with E-state index in [4.69, 9.17) is 29.6 Å². The molecule has 3 N–H and O–H groups in total. The van der Waals surface area contributed by atoms with Crippen LogP contribution in [0.25, 0.3) is 0 Å². The largest absolute Gasteiger partial charge is 0.389 e. The monoisotopic (exact) mass is 358 g/mol. The summed E-state index contributed by atoms with van der Waals surface area (Å²) in [5.74, 6) is -0.415. The lowest BCUT2D eigenvalue weighted by Gasteiger charge is -2.11. The fourth-order valence-corrected chi connectivity index (χ4v) is 2.67. The molecule has 2 rings (SSSR count). The molecule has 0 spiro atoms. The Morgan fingerprint density at radius 1 is 1.32 bits per heavy atom. The summed E-state index contributed by atoms with van der Waals surface area (Å²) < 4.78 is 14.4. The van der Waals surface area contributed by atoms with Gasteiger partial charge in [-0.3, -0.25) is 0 Å². The summed E-state index contributed by atoms with van der Waals surface area (Å²) >= 11 is 14.2. The first kappa shape index (κ1) is 14.2. The molecule has 0 saturated carbocycles. The van der Waals surface area contributed by atoms with Crippen LogP contribution in [0.1, 0.15) is 5.56 Å². The Morgan fingerprint density at radius 3 is 2.63 bits per heavy atom. The number of para-hydroxylation sites is 1. The minimum absolute atomic E-state index is 0.235. The van der Waals surface area contributed by atoms with Crippen molar-refractivity contribution in [2.24, 2.45) is 5.73 Å². The lowest BCUT2D eigenvalue weighted by molar-refractivity contribution is 0.632. The van der Waals surface area contributed by atoms with Gasteiger partial charge in [-0.25, -0.2) is 4.39 Å². The number of nitrogens with two attached hydrogens (primary N) is 1. The van der Waals surface area contributed by atoms with E-state index in [1.54, 1.807) is 30.3 Å². The van der Waals surface area contributed by atoms with Gasteiger partial charge in [-0.2, -0.15) is 0 Å². The van der Waals surface area contributed by atoms with Crippen LogP contribution in [0.2, 0.25) is 5.02 Å². The van der Waals surface area contributed by atoms with Crippen LogP contribution < -0.4 is 11.1 Å². The van der Waals surface area contributed by atoms with Gasteiger partial charge in [0.05, 0.1) is 10.7 Å². The molecule has 0 saturated heterocycles. The molecule has 0 aliphatic heterocycles. The molecule has 0 aromatic heterocycles. The topological polar surface area (TPSA) is 38.0 Å². The van der Waals surface area contributed by atoms with Crippen LogP contribution in [-0.2, 0) is 0 Å². The molecule has 2 nitrogen and oxygen atoms in total. The van der Waals surface area contributed by atoms with Crippen LogP contribution in [0.3, 0.4) is 0 Å². The molecule has 0 amide bonds. The number of benzene rings is 2. The maximum atomic E-state index is 13.6. The molecule has 19 heavy (non-hydrogen) atoms. The molecule has 2 aromatic rings. The Hall–Kier alpha value is -1.17. The van der Waals surface area contributed by atoms with E-state index in [1.807, 2.05) is 0 Å². The molecule has 0 bridgehead atoms. The smallest absolute Gasteiger partial charge is 0.148 e. The van der Waals surface area contributed by atoms with Gasteiger partial charge < -0.3 is 11.1 Å². The normalized spacial score (nSPS) is 10.3. The van der Waals surface area contributed by atoms with Crippen molar-refractivity contribution in [1.29, 1.82) is 0 Å². The van der Waals surface area contributed by atoms with Gasteiger partial charge in [0.2, 0.25) is 0 Å². The van der Waals surface area contributed by atoms with E-state index < -0.39 is 5.82 Å². The fraction of sp³-hybridized carbons (Fsp3) is 0.